The van der Waals surface area contributed by atoms with Gasteiger partial charge in [-0.2, -0.15) is 0 Å². The quantitative estimate of drug-likeness (QED) is 0.597. The van der Waals surface area contributed by atoms with Gasteiger partial charge >= 0.3 is 0 Å². The highest BCUT2D eigenvalue weighted by atomic mass is 16.1. The van der Waals surface area contributed by atoms with Crippen molar-refractivity contribution in [3.8, 4) is 0 Å². The Kier molecular flexibility index (Phi) is 3.10. The van der Waals surface area contributed by atoms with Gasteiger partial charge in [-0.3, -0.25) is 4.79 Å². The SMILES string of the molecule is CC[C@H](C)[C@H]1CCCCC1=O. The van der Waals surface area contributed by atoms with E-state index in [0.717, 1.165) is 25.7 Å². The maximum atomic E-state index is 11.4. The third-order valence-corrected chi connectivity index (χ3v) is 2.93. The monoisotopic (exact) mass is 154 g/mol. The maximum Gasteiger partial charge on any atom is 0.136 e. The van der Waals surface area contributed by atoms with E-state index in [1.54, 1.807) is 0 Å². The molecule has 11 heavy (non-hydrogen) atoms. The predicted octanol–water partition coefficient (Wildman–Crippen LogP) is 2.79. The smallest absolute Gasteiger partial charge is 0.136 e. The van der Waals surface area contributed by atoms with Crippen molar-refractivity contribution in [3.05, 3.63) is 0 Å². The summed E-state index contributed by atoms with van der Waals surface area (Å²) >= 11 is 0. The van der Waals surface area contributed by atoms with E-state index in [2.05, 4.69) is 13.8 Å². The molecule has 0 spiro atoms. The topological polar surface area (TPSA) is 17.1 Å². The number of Topliss-reactive ketones (excluding diaryl/α,β-unsaturated/α-hetero) is 1. The number of hydrogen-bond donors (Lipinski definition) is 0. The van der Waals surface area contributed by atoms with E-state index in [1.807, 2.05) is 0 Å². The van der Waals surface area contributed by atoms with Crippen LogP contribution >= 0.6 is 0 Å². The molecule has 0 N–H and O–H groups in total. The Morgan fingerprint density at radius 1 is 1.55 bits per heavy atom. The van der Waals surface area contributed by atoms with Crippen LogP contribution in [0.15, 0.2) is 0 Å². The Bertz CT molecular complexity index is 140. The van der Waals surface area contributed by atoms with Gasteiger partial charge in [0.1, 0.15) is 5.78 Å². The van der Waals surface area contributed by atoms with E-state index < -0.39 is 0 Å². The molecule has 0 unspecified atom stereocenters. The molecule has 1 rings (SSSR count). The van der Waals surface area contributed by atoms with Crippen molar-refractivity contribution < 1.29 is 4.79 Å². The molecule has 2 atom stereocenters. The van der Waals surface area contributed by atoms with Crippen molar-refractivity contribution >= 4 is 5.78 Å². The molecule has 1 saturated carbocycles. The van der Waals surface area contributed by atoms with Crippen LogP contribution < -0.4 is 0 Å². The zero-order valence-electron chi connectivity index (χ0n) is 7.60. The minimum absolute atomic E-state index is 0.397. The van der Waals surface area contributed by atoms with Gasteiger partial charge in [-0.15, -0.1) is 0 Å². The van der Waals surface area contributed by atoms with Crippen molar-refractivity contribution in [2.45, 2.75) is 46.0 Å². The van der Waals surface area contributed by atoms with Gasteiger partial charge in [-0.05, 0) is 18.8 Å². The standard InChI is InChI=1S/C10H18O/c1-3-8(2)9-6-4-5-7-10(9)11/h8-9H,3-7H2,1-2H3/t8-,9+/m0/s1. The first kappa shape index (κ1) is 8.76. The molecule has 0 radical (unpaired) electrons. The number of rotatable bonds is 2. The van der Waals surface area contributed by atoms with E-state index >= 15 is 0 Å². The summed E-state index contributed by atoms with van der Waals surface area (Å²) in [6, 6.07) is 0. The Hall–Kier alpha value is -0.330. The Balaban J connectivity index is 2.47. The van der Waals surface area contributed by atoms with Crippen LogP contribution in [0, 0.1) is 11.8 Å². The fourth-order valence-corrected chi connectivity index (χ4v) is 1.90. The summed E-state index contributed by atoms with van der Waals surface area (Å²) in [5, 5.41) is 0. The van der Waals surface area contributed by atoms with Gasteiger partial charge in [0.05, 0.1) is 0 Å². The highest BCUT2D eigenvalue weighted by Gasteiger charge is 2.25. The summed E-state index contributed by atoms with van der Waals surface area (Å²) in [6.07, 6.45) is 5.53. The van der Waals surface area contributed by atoms with E-state index in [1.165, 1.54) is 6.42 Å². The van der Waals surface area contributed by atoms with Crippen molar-refractivity contribution in [1.29, 1.82) is 0 Å². The first-order chi connectivity index (χ1) is 5.25. The second-order valence-electron chi connectivity index (χ2n) is 3.70. The molecule has 1 nitrogen and oxygen atoms in total. The molecule has 0 aliphatic heterocycles. The summed E-state index contributed by atoms with van der Waals surface area (Å²) in [5.74, 6) is 1.53. The van der Waals surface area contributed by atoms with Gasteiger partial charge in [-0.25, -0.2) is 0 Å². The lowest BCUT2D eigenvalue weighted by Gasteiger charge is -2.25. The lowest BCUT2D eigenvalue weighted by molar-refractivity contribution is -0.126. The molecular weight excluding hydrogens is 136 g/mol. The predicted molar refractivity (Wildman–Crippen MR) is 46.4 cm³/mol. The van der Waals surface area contributed by atoms with Crippen LogP contribution in [-0.4, -0.2) is 5.78 Å². The van der Waals surface area contributed by atoms with Crippen molar-refractivity contribution in [2.24, 2.45) is 11.8 Å². The van der Waals surface area contributed by atoms with Crippen LogP contribution in [0.3, 0.4) is 0 Å². The van der Waals surface area contributed by atoms with Crippen molar-refractivity contribution in [3.63, 3.8) is 0 Å². The molecule has 64 valence electrons. The summed E-state index contributed by atoms with van der Waals surface area (Å²) in [5.41, 5.74) is 0. The average molecular weight is 154 g/mol. The highest BCUT2D eigenvalue weighted by molar-refractivity contribution is 5.81. The Morgan fingerprint density at radius 2 is 2.27 bits per heavy atom. The lowest BCUT2D eigenvalue weighted by Crippen LogP contribution is -2.24. The zero-order valence-corrected chi connectivity index (χ0v) is 7.60. The van der Waals surface area contributed by atoms with Gasteiger partial charge in [0.25, 0.3) is 0 Å². The zero-order chi connectivity index (χ0) is 8.27. The van der Waals surface area contributed by atoms with Crippen LogP contribution in [0.2, 0.25) is 0 Å². The summed E-state index contributed by atoms with van der Waals surface area (Å²) in [4.78, 5) is 11.4. The summed E-state index contributed by atoms with van der Waals surface area (Å²) in [7, 11) is 0. The third kappa shape index (κ3) is 2.05. The number of carbonyl (C=O) groups excluding carboxylic acids is 1. The Labute approximate surface area is 69.2 Å². The van der Waals surface area contributed by atoms with Crippen LogP contribution in [0.1, 0.15) is 46.0 Å². The van der Waals surface area contributed by atoms with Gasteiger partial charge in [-0.1, -0.05) is 26.7 Å². The maximum absolute atomic E-state index is 11.4. The van der Waals surface area contributed by atoms with Gasteiger partial charge in [0.15, 0.2) is 0 Å². The molecule has 0 aromatic rings. The first-order valence-electron chi connectivity index (χ1n) is 4.78. The molecule has 0 heterocycles. The van der Waals surface area contributed by atoms with Gasteiger partial charge in [0, 0.05) is 12.3 Å². The number of ketones is 1. The molecule has 0 saturated heterocycles. The second-order valence-corrected chi connectivity index (χ2v) is 3.70. The summed E-state index contributed by atoms with van der Waals surface area (Å²) in [6.45, 7) is 4.38. The number of hydrogen-bond acceptors (Lipinski definition) is 1. The van der Waals surface area contributed by atoms with Crippen LogP contribution in [-0.2, 0) is 4.79 Å². The third-order valence-electron chi connectivity index (χ3n) is 2.93. The normalized spacial score (nSPS) is 28.5. The van der Waals surface area contributed by atoms with Crippen LogP contribution in [0.4, 0.5) is 0 Å². The van der Waals surface area contributed by atoms with Gasteiger partial charge < -0.3 is 0 Å². The summed E-state index contributed by atoms with van der Waals surface area (Å²) < 4.78 is 0. The van der Waals surface area contributed by atoms with Crippen molar-refractivity contribution in [1.82, 2.24) is 0 Å². The molecule has 1 fully saturated rings. The molecular formula is C10H18O. The fraction of sp³-hybridized carbons (Fsp3) is 0.900. The molecule has 1 aliphatic rings. The van der Waals surface area contributed by atoms with E-state index in [9.17, 15) is 4.79 Å². The highest BCUT2D eigenvalue weighted by Crippen LogP contribution is 2.28. The fourth-order valence-electron chi connectivity index (χ4n) is 1.90. The van der Waals surface area contributed by atoms with E-state index in [4.69, 9.17) is 0 Å². The van der Waals surface area contributed by atoms with Crippen molar-refractivity contribution in [2.75, 3.05) is 0 Å². The largest absolute Gasteiger partial charge is 0.299 e. The average Bonchev–Trinajstić information content (AvgIpc) is 2.04. The molecule has 0 aromatic heterocycles. The molecule has 0 amide bonds. The minimum atomic E-state index is 0.397. The van der Waals surface area contributed by atoms with E-state index in [0.29, 0.717) is 17.6 Å². The van der Waals surface area contributed by atoms with Crippen LogP contribution in [0.25, 0.3) is 0 Å². The lowest BCUT2D eigenvalue weighted by atomic mass is 9.79. The Morgan fingerprint density at radius 3 is 2.82 bits per heavy atom. The minimum Gasteiger partial charge on any atom is -0.299 e. The second kappa shape index (κ2) is 3.89. The van der Waals surface area contributed by atoms with E-state index in [-0.39, 0.29) is 0 Å². The first-order valence-corrected chi connectivity index (χ1v) is 4.78. The molecule has 1 heteroatoms. The molecule has 0 aromatic carbocycles. The molecule has 0 bridgehead atoms. The van der Waals surface area contributed by atoms with Crippen LogP contribution in [0.5, 0.6) is 0 Å². The number of carbonyl (C=O) groups is 1. The van der Waals surface area contributed by atoms with Gasteiger partial charge in [0.2, 0.25) is 0 Å². The molecule has 1 aliphatic carbocycles.